The standard InChI is InChI=1S/C15H26N2OS/c1-4-6-7-11-17(5-2)19-13-14-9-8-10-15(12-14)16-18-3/h8-10,12,16H,4-7,11,13H2,1-3H3/p+1. The number of unbranched alkanes of at least 4 members (excludes halogenated alkanes) is 2. The lowest BCUT2D eigenvalue weighted by molar-refractivity contribution is -0.830. The summed E-state index contributed by atoms with van der Waals surface area (Å²) in [5.74, 6) is 1.03. The van der Waals surface area contributed by atoms with Crippen LogP contribution in [0.4, 0.5) is 5.69 Å². The number of hydrogen-bond acceptors (Lipinski definition) is 3. The van der Waals surface area contributed by atoms with E-state index in [4.69, 9.17) is 4.84 Å². The smallest absolute Gasteiger partial charge is 0.162 e. The second-order valence-electron chi connectivity index (χ2n) is 4.60. The molecule has 4 heteroatoms. The molecule has 2 N–H and O–H groups in total. The average Bonchev–Trinajstić information content (AvgIpc) is 2.43. The van der Waals surface area contributed by atoms with Gasteiger partial charge >= 0.3 is 0 Å². The van der Waals surface area contributed by atoms with Crippen molar-refractivity contribution in [3.8, 4) is 0 Å². The minimum absolute atomic E-state index is 1.03. The van der Waals surface area contributed by atoms with E-state index in [1.807, 2.05) is 11.9 Å². The van der Waals surface area contributed by atoms with Gasteiger partial charge in [0.05, 0.1) is 7.11 Å². The highest BCUT2D eigenvalue weighted by Crippen LogP contribution is 2.19. The molecule has 0 aliphatic rings. The molecule has 108 valence electrons. The number of benzene rings is 1. The topological polar surface area (TPSA) is 29.1 Å². The van der Waals surface area contributed by atoms with Gasteiger partial charge in [0.2, 0.25) is 0 Å². The lowest BCUT2D eigenvalue weighted by atomic mass is 10.2. The largest absolute Gasteiger partial charge is 0.251 e. The molecule has 0 bridgehead atoms. The van der Waals surface area contributed by atoms with Crippen molar-refractivity contribution in [3.63, 3.8) is 0 Å². The third-order valence-corrected chi connectivity index (χ3v) is 4.25. The van der Waals surface area contributed by atoms with Gasteiger partial charge in [-0.25, -0.2) is 4.84 Å². The molecule has 0 fully saturated rings. The summed E-state index contributed by atoms with van der Waals surface area (Å²) in [6.07, 6.45) is 3.92. The second-order valence-corrected chi connectivity index (χ2v) is 5.66. The van der Waals surface area contributed by atoms with Gasteiger partial charge in [0, 0.05) is 31.0 Å². The molecule has 1 aromatic carbocycles. The number of nitrogens with zero attached hydrogens (tertiary/aromatic N) is 1. The number of rotatable bonds is 10. The first-order chi connectivity index (χ1) is 9.30. The first-order valence-electron chi connectivity index (χ1n) is 7.13. The van der Waals surface area contributed by atoms with Gasteiger partial charge in [-0.05, 0) is 12.0 Å². The van der Waals surface area contributed by atoms with Crippen LogP contribution in [0.1, 0.15) is 38.7 Å². The van der Waals surface area contributed by atoms with Gasteiger partial charge in [0.15, 0.2) is 5.69 Å². The average molecular weight is 283 g/mol. The van der Waals surface area contributed by atoms with E-state index >= 15 is 0 Å². The van der Waals surface area contributed by atoms with Crippen molar-refractivity contribution >= 4 is 17.6 Å². The molecule has 0 saturated heterocycles. The monoisotopic (exact) mass is 283 g/mol. The van der Waals surface area contributed by atoms with Crippen LogP contribution in [0, 0.1) is 0 Å². The third kappa shape index (κ3) is 6.97. The molecule has 0 radical (unpaired) electrons. The van der Waals surface area contributed by atoms with Crippen LogP contribution < -0.4 is 5.48 Å². The highest BCUT2D eigenvalue weighted by molar-refractivity contribution is 7.96. The van der Waals surface area contributed by atoms with Crippen molar-refractivity contribution in [2.45, 2.75) is 38.9 Å². The highest BCUT2D eigenvalue weighted by Gasteiger charge is 2.05. The third-order valence-electron chi connectivity index (χ3n) is 2.98. The molecular weight excluding hydrogens is 256 g/mol. The number of quaternary nitrogens is 1. The summed E-state index contributed by atoms with van der Waals surface area (Å²) in [5.41, 5.74) is 4.27. The van der Waals surface area contributed by atoms with Gasteiger partial charge in [-0.1, -0.05) is 50.8 Å². The Morgan fingerprint density at radius 3 is 2.79 bits per heavy atom. The van der Waals surface area contributed by atoms with E-state index in [0.29, 0.717) is 0 Å². The maximum atomic E-state index is 5.05. The quantitative estimate of drug-likeness (QED) is 0.310. The van der Waals surface area contributed by atoms with Crippen molar-refractivity contribution in [1.29, 1.82) is 0 Å². The molecule has 0 spiro atoms. The van der Waals surface area contributed by atoms with Crippen molar-refractivity contribution in [1.82, 2.24) is 4.31 Å². The van der Waals surface area contributed by atoms with Gasteiger partial charge in [-0.15, -0.1) is 0 Å². The van der Waals surface area contributed by atoms with Crippen LogP contribution in [0.15, 0.2) is 24.3 Å². The molecule has 3 nitrogen and oxygen atoms in total. The van der Waals surface area contributed by atoms with Crippen LogP contribution in [0.2, 0.25) is 0 Å². The minimum atomic E-state index is 1.03. The van der Waals surface area contributed by atoms with E-state index in [2.05, 4.69) is 42.4 Å². The van der Waals surface area contributed by atoms with E-state index in [1.165, 1.54) is 31.4 Å². The predicted octanol–water partition coefficient (Wildman–Crippen LogP) is 3.10. The summed E-state index contributed by atoms with van der Waals surface area (Å²) in [6.45, 7) is 6.78. The molecule has 0 aliphatic heterocycles. The zero-order chi connectivity index (χ0) is 13.9. The fraction of sp³-hybridized carbons (Fsp3) is 0.600. The van der Waals surface area contributed by atoms with E-state index in [1.54, 1.807) is 12.6 Å². The summed E-state index contributed by atoms with van der Waals surface area (Å²) in [4.78, 5) is 5.05. The SMILES string of the molecule is CCCCCN(CC)SCc1cccc([NH2+]OC)c1. The summed E-state index contributed by atoms with van der Waals surface area (Å²) < 4.78 is 2.46. The first kappa shape index (κ1) is 16.5. The molecule has 0 amide bonds. The van der Waals surface area contributed by atoms with Crippen LogP contribution >= 0.6 is 11.9 Å². The van der Waals surface area contributed by atoms with Crippen molar-refractivity contribution in [2.24, 2.45) is 0 Å². The molecule has 1 aromatic rings. The Hall–Kier alpha value is -0.550. The predicted molar refractivity (Wildman–Crippen MR) is 83.1 cm³/mol. The summed E-state index contributed by atoms with van der Waals surface area (Å²) in [5, 5.41) is 0. The van der Waals surface area contributed by atoms with E-state index in [0.717, 1.165) is 18.0 Å². The van der Waals surface area contributed by atoms with Gasteiger partial charge in [0.25, 0.3) is 0 Å². The molecular formula is C15H27N2OS+. The Balaban J connectivity index is 2.38. The second kappa shape index (κ2) is 10.3. The zero-order valence-electron chi connectivity index (χ0n) is 12.4. The zero-order valence-corrected chi connectivity index (χ0v) is 13.2. The van der Waals surface area contributed by atoms with Crippen molar-refractivity contribution in [3.05, 3.63) is 29.8 Å². The maximum absolute atomic E-state index is 5.05. The lowest BCUT2D eigenvalue weighted by Gasteiger charge is -2.18. The minimum Gasteiger partial charge on any atom is -0.251 e. The van der Waals surface area contributed by atoms with Crippen LogP contribution in [-0.4, -0.2) is 24.5 Å². The van der Waals surface area contributed by atoms with Crippen molar-refractivity contribution < 1.29 is 10.3 Å². The van der Waals surface area contributed by atoms with E-state index in [-0.39, 0.29) is 0 Å². The molecule has 0 heterocycles. The van der Waals surface area contributed by atoms with Crippen LogP contribution in [0.5, 0.6) is 0 Å². The molecule has 0 unspecified atom stereocenters. The van der Waals surface area contributed by atoms with E-state index in [9.17, 15) is 0 Å². The van der Waals surface area contributed by atoms with E-state index < -0.39 is 0 Å². The lowest BCUT2D eigenvalue weighted by Crippen LogP contribution is -2.75. The molecule has 0 aliphatic carbocycles. The fourth-order valence-electron chi connectivity index (χ4n) is 1.91. The van der Waals surface area contributed by atoms with Crippen LogP contribution in [0.25, 0.3) is 0 Å². The van der Waals surface area contributed by atoms with Crippen LogP contribution in [0.3, 0.4) is 0 Å². The van der Waals surface area contributed by atoms with Gasteiger partial charge < -0.3 is 0 Å². The Bertz CT molecular complexity index is 347. The Morgan fingerprint density at radius 1 is 1.26 bits per heavy atom. The Labute approximate surface area is 121 Å². The number of hydrogen-bond donors (Lipinski definition) is 1. The van der Waals surface area contributed by atoms with Gasteiger partial charge in [-0.2, -0.15) is 5.48 Å². The Morgan fingerprint density at radius 2 is 2.11 bits per heavy atom. The van der Waals surface area contributed by atoms with Crippen molar-refractivity contribution in [2.75, 3.05) is 20.2 Å². The normalized spacial score (nSPS) is 11.2. The molecule has 1 rings (SSSR count). The maximum Gasteiger partial charge on any atom is 0.162 e. The summed E-state index contributed by atoms with van der Waals surface area (Å²) in [6, 6.07) is 8.53. The fourth-order valence-corrected chi connectivity index (χ4v) is 2.86. The summed E-state index contributed by atoms with van der Waals surface area (Å²) >= 11 is 1.93. The van der Waals surface area contributed by atoms with Gasteiger partial charge in [0.1, 0.15) is 0 Å². The Kier molecular flexibility index (Phi) is 8.91. The number of nitrogens with two attached hydrogens (primary N) is 1. The molecule has 0 saturated carbocycles. The van der Waals surface area contributed by atoms with Crippen LogP contribution in [-0.2, 0) is 10.6 Å². The molecule has 0 aromatic heterocycles. The summed E-state index contributed by atoms with van der Waals surface area (Å²) in [7, 11) is 1.69. The first-order valence-corrected chi connectivity index (χ1v) is 8.07. The highest BCUT2D eigenvalue weighted by atomic mass is 32.2. The molecule has 0 atom stereocenters. The van der Waals surface area contributed by atoms with Gasteiger partial charge in [-0.3, -0.25) is 4.31 Å². The molecule has 19 heavy (non-hydrogen) atoms.